The minimum Gasteiger partial charge on any atom is -0.356 e. The van der Waals surface area contributed by atoms with E-state index in [0.717, 1.165) is 31.5 Å². The van der Waals surface area contributed by atoms with E-state index in [9.17, 15) is 0 Å². The zero-order chi connectivity index (χ0) is 17.9. The van der Waals surface area contributed by atoms with E-state index in [1.54, 1.807) is 11.3 Å². The summed E-state index contributed by atoms with van der Waals surface area (Å²) in [5.41, 5.74) is 1.19. The summed E-state index contributed by atoms with van der Waals surface area (Å²) >= 11 is 1.78. The summed E-state index contributed by atoms with van der Waals surface area (Å²) in [4.78, 5) is 14.3. The second-order valence-corrected chi connectivity index (χ2v) is 8.76. The normalized spacial score (nSPS) is 26.3. The van der Waals surface area contributed by atoms with E-state index in [0.29, 0.717) is 12.1 Å². The first kappa shape index (κ1) is 21.1. The molecule has 0 aromatic carbocycles. The molecule has 8 heteroatoms. The summed E-state index contributed by atoms with van der Waals surface area (Å²) in [6.45, 7) is 6.71. The van der Waals surface area contributed by atoms with Crippen molar-refractivity contribution in [2.45, 2.75) is 63.6 Å². The summed E-state index contributed by atoms with van der Waals surface area (Å²) in [6.07, 6.45) is 7.53. The Morgan fingerprint density at radius 2 is 2.11 bits per heavy atom. The second kappa shape index (κ2) is 9.73. The number of nitrogens with one attached hydrogen (secondary N) is 2. The molecule has 152 valence electrons. The quantitative estimate of drug-likeness (QED) is 0.355. The molecule has 0 amide bonds. The Hall–Kier alpha value is -0.610. The van der Waals surface area contributed by atoms with Crippen molar-refractivity contribution in [2.24, 2.45) is 4.99 Å². The van der Waals surface area contributed by atoms with Gasteiger partial charge in [0.15, 0.2) is 11.1 Å². The van der Waals surface area contributed by atoms with Gasteiger partial charge in [-0.15, -0.1) is 35.3 Å². The Bertz CT molecular complexity index is 625. The van der Waals surface area contributed by atoms with E-state index in [2.05, 4.69) is 37.7 Å². The minimum absolute atomic E-state index is 0. The Balaban J connectivity index is 0.00000210. The molecular weight excluding hydrogens is 471 g/mol. The molecule has 4 rings (SSSR count). The van der Waals surface area contributed by atoms with Crippen LogP contribution in [0.15, 0.2) is 10.4 Å². The highest BCUT2D eigenvalue weighted by Gasteiger charge is 2.38. The van der Waals surface area contributed by atoms with E-state index in [1.165, 1.54) is 56.0 Å². The smallest absolute Gasteiger partial charge is 0.191 e. The number of likely N-dealkylation sites (tertiary alicyclic amines) is 1. The molecular formula is C19H33IN6S. The first-order chi connectivity index (χ1) is 12.7. The van der Waals surface area contributed by atoms with Crippen LogP contribution in [0.3, 0.4) is 0 Å². The number of nitrogens with zero attached hydrogens (tertiary/aromatic N) is 4. The number of aliphatic imine (C=N–C) groups is 1. The van der Waals surface area contributed by atoms with Gasteiger partial charge in [0.05, 0.1) is 5.69 Å². The van der Waals surface area contributed by atoms with Gasteiger partial charge >= 0.3 is 0 Å². The molecule has 27 heavy (non-hydrogen) atoms. The molecule has 2 atom stereocenters. The van der Waals surface area contributed by atoms with Crippen LogP contribution < -0.4 is 15.5 Å². The van der Waals surface area contributed by atoms with E-state index in [1.807, 2.05) is 7.05 Å². The van der Waals surface area contributed by atoms with Gasteiger partial charge in [0, 0.05) is 63.2 Å². The first-order valence-corrected chi connectivity index (χ1v) is 11.0. The van der Waals surface area contributed by atoms with Crippen LogP contribution >= 0.6 is 35.3 Å². The fourth-order valence-corrected chi connectivity index (χ4v) is 5.15. The molecule has 2 aliphatic heterocycles. The number of thiazole rings is 1. The average Bonchev–Trinajstić information content (AvgIpc) is 3.03. The number of halogens is 1. The number of hydrogen-bond donors (Lipinski definition) is 2. The largest absolute Gasteiger partial charge is 0.356 e. The maximum absolute atomic E-state index is 4.80. The predicted molar refractivity (Wildman–Crippen MR) is 125 cm³/mol. The van der Waals surface area contributed by atoms with Crippen molar-refractivity contribution in [3.8, 4) is 0 Å². The lowest BCUT2D eigenvalue weighted by atomic mass is 10.2. The summed E-state index contributed by atoms with van der Waals surface area (Å²) in [5, 5.41) is 10.5. The van der Waals surface area contributed by atoms with Crippen molar-refractivity contribution in [3.05, 3.63) is 11.1 Å². The zero-order valence-electron chi connectivity index (χ0n) is 16.5. The van der Waals surface area contributed by atoms with Crippen LogP contribution in [0.25, 0.3) is 0 Å². The molecule has 2 N–H and O–H groups in total. The topological polar surface area (TPSA) is 55.8 Å². The van der Waals surface area contributed by atoms with Gasteiger partial charge in [0.25, 0.3) is 0 Å². The fourth-order valence-electron chi connectivity index (χ4n) is 4.24. The van der Waals surface area contributed by atoms with Crippen molar-refractivity contribution in [3.63, 3.8) is 0 Å². The van der Waals surface area contributed by atoms with Crippen molar-refractivity contribution < 1.29 is 0 Å². The van der Waals surface area contributed by atoms with Gasteiger partial charge in [-0.05, 0) is 39.0 Å². The third-order valence-electron chi connectivity index (χ3n) is 5.79. The van der Waals surface area contributed by atoms with Gasteiger partial charge in [-0.1, -0.05) is 0 Å². The Morgan fingerprint density at radius 3 is 2.81 bits per heavy atom. The van der Waals surface area contributed by atoms with E-state index in [-0.39, 0.29) is 24.0 Å². The molecule has 6 nitrogen and oxygen atoms in total. The SMILES string of the molecule is CN=C(NCCc1csc(N2CCCC2)n1)NC1CC(C)N(C2CC2)C1.I. The predicted octanol–water partition coefficient (Wildman–Crippen LogP) is 2.69. The fraction of sp³-hybridized carbons (Fsp3) is 0.789. The Labute approximate surface area is 184 Å². The molecule has 0 bridgehead atoms. The van der Waals surface area contributed by atoms with E-state index >= 15 is 0 Å². The number of anilines is 1. The van der Waals surface area contributed by atoms with Gasteiger partial charge in [-0.25, -0.2) is 4.98 Å². The van der Waals surface area contributed by atoms with Crippen LogP contribution in [0.4, 0.5) is 5.13 Å². The van der Waals surface area contributed by atoms with Gasteiger partial charge < -0.3 is 15.5 Å². The molecule has 3 aliphatic rings. The third-order valence-corrected chi connectivity index (χ3v) is 6.74. The highest BCUT2D eigenvalue weighted by atomic mass is 127. The molecule has 1 aliphatic carbocycles. The van der Waals surface area contributed by atoms with Crippen molar-refractivity contribution in [1.82, 2.24) is 20.5 Å². The number of guanidine groups is 1. The lowest BCUT2D eigenvalue weighted by molar-refractivity contribution is 0.256. The standard InChI is InChI=1S/C19H32N6S.HI/c1-14-11-16(12-25(14)17-5-6-17)22-18(20-2)21-8-7-15-13-26-19(23-15)24-9-3-4-10-24;/h13-14,16-17H,3-12H2,1-2H3,(H2,20,21,22);1H. The summed E-state index contributed by atoms with van der Waals surface area (Å²) in [7, 11) is 1.86. The lowest BCUT2D eigenvalue weighted by Crippen LogP contribution is -2.45. The summed E-state index contributed by atoms with van der Waals surface area (Å²) in [6, 6.07) is 2.05. The van der Waals surface area contributed by atoms with Crippen LogP contribution in [0, 0.1) is 0 Å². The molecule has 0 radical (unpaired) electrons. The van der Waals surface area contributed by atoms with Crippen molar-refractivity contribution >= 4 is 46.4 Å². The zero-order valence-corrected chi connectivity index (χ0v) is 19.6. The van der Waals surface area contributed by atoms with Gasteiger partial charge in [-0.3, -0.25) is 9.89 Å². The van der Waals surface area contributed by atoms with Gasteiger partial charge in [-0.2, -0.15) is 0 Å². The monoisotopic (exact) mass is 504 g/mol. The van der Waals surface area contributed by atoms with Crippen LogP contribution in [-0.4, -0.2) is 67.2 Å². The van der Waals surface area contributed by atoms with Crippen LogP contribution in [0.2, 0.25) is 0 Å². The summed E-state index contributed by atoms with van der Waals surface area (Å²) in [5.74, 6) is 0.926. The molecule has 1 aromatic rings. The van der Waals surface area contributed by atoms with Crippen molar-refractivity contribution in [2.75, 3.05) is 38.1 Å². The maximum Gasteiger partial charge on any atom is 0.191 e. The summed E-state index contributed by atoms with van der Waals surface area (Å²) < 4.78 is 0. The Kier molecular flexibility index (Phi) is 7.61. The van der Waals surface area contributed by atoms with Crippen LogP contribution in [0.5, 0.6) is 0 Å². The first-order valence-electron chi connectivity index (χ1n) is 10.1. The highest BCUT2D eigenvalue weighted by Crippen LogP contribution is 2.33. The van der Waals surface area contributed by atoms with Gasteiger partial charge in [0.2, 0.25) is 0 Å². The number of hydrogen-bond acceptors (Lipinski definition) is 5. The molecule has 3 fully saturated rings. The highest BCUT2D eigenvalue weighted by molar-refractivity contribution is 14.0. The Morgan fingerprint density at radius 1 is 1.33 bits per heavy atom. The number of aromatic nitrogens is 1. The molecule has 0 spiro atoms. The average molecular weight is 504 g/mol. The molecule has 2 saturated heterocycles. The third kappa shape index (κ3) is 5.47. The molecule has 2 unspecified atom stereocenters. The van der Waals surface area contributed by atoms with Crippen LogP contribution in [-0.2, 0) is 6.42 Å². The van der Waals surface area contributed by atoms with E-state index in [4.69, 9.17) is 4.98 Å². The van der Waals surface area contributed by atoms with E-state index < -0.39 is 0 Å². The number of rotatable bonds is 6. The molecule has 1 aromatic heterocycles. The van der Waals surface area contributed by atoms with Crippen molar-refractivity contribution in [1.29, 1.82) is 0 Å². The molecule has 3 heterocycles. The molecule has 1 saturated carbocycles. The second-order valence-electron chi connectivity index (χ2n) is 7.92. The lowest BCUT2D eigenvalue weighted by Gasteiger charge is -2.20. The minimum atomic E-state index is 0. The van der Waals surface area contributed by atoms with Crippen LogP contribution in [0.1, 0.15) is 44.7 Å². The maximum atomic E-state index is 4.80. The van der Waals surface area contributed by atoms with Gasteiger partial charge in [0.1, 0.15) is 0 Å².